The molecule has 90 valence electrons. The van der Waals surface area contributed by atoms with Crippen LogP contribution in [0, 0.1) is 0 Å². The Morgan fingerprint density at radius 3 is 2.47 bits per heavy atom. The van der Waals surface area contributed by atoms with E-state index in [9.17, 15) is 13.2 Å². The number of nitrogens with zero attached hydrogens (tertiary/aromatic N) is 2. The number of aromatic nitrogens is 2. The molecule has 0 N–H and O–H groups in total. The third kappa shape index (κ3) is 2.40. The van der Waals surface area contributed by atoms with Crippen molar-refractivity contribution in [1.29, 1.82) is 0 Å². The highest BCUT2D eigenvalue weighted by molar-refractivity contribution is 6.33. The zero-order valence-corrected chi connectivity index (χ0v) is 9.68. The molecule has 0 bridgehead atoms. The van der Waals surface area contributed by atoms with Gasteiger partial charge in [0.15, 0.2) is 0 Å². The Hall–Kier alpha value is -1.20. The first-order chi connectivity index (χ1) is 7.89. The fourth-order valence-electron chi connectivity index (χ4n) is 1.48. The number of hydrogen-bond donors (Lipinski definition) is 0. The largest absolute Gasteiger partial charge is 0.417 e. The minimum Gasteiger partial charge on any atom is -0.180 e. The first-order valence-electron chi connectivity index (χ1n) is 4.46. The maximum Gasteiger partial charge on any atom is 0.417 e. The molecule has 1 aromatic heterocycles. The standard InChI is InChI=1S/C10H5Cl2F3N2/c11-8-3-1-2-7(10(13,14)15)9(8)6-4-16-17(12)5-6/h1-5H. The lowest BCUT2D eigenvalue weighted by atomic mass is 10.0. The van der Waals surface area contributed by atoms with Crippen molar-refractivity contribution in [3.8, 4) is 11.1 Å². The summed E-state index contributed by atoms with van der Waals surface area (Å²) in [5.41, 5.74) is -0.707. The summed E-state index contributed by atoms with van der Waals surface area (Å²) in [6.07, 6.45) is -1.99. The molecule has 1 aromatic carbocycles. The van der Waals surface area contributed by atoms with Gasteiger partial charge >= 0.3 is 6.18 Å². The minimum atomic E-state index is -4.48. The van der Waals surface area contributed by atoms with Crippen LogP contribution >= 0.6 is 23.4 Å². The topological polar surface area (TPSA) is 17.8 Å². The average Bonchev–Trinajstić information content (AvgIpc) is 2.63. The van der Waals surface area contributed by atoms with E-state index in [1.165, 1.54) is 24.5 Å². The molecule has 0 spiro atoms. The van der Waals surface area contributed by atoms with Crippen LogP contribution < -0.4 is 0 Å². The smallest absolute Gasteiger partial charge is 0.180 e. The maximum atomic E-state index is 12.8. The van der Waals surface area contributed by atoms with Crippen LogP contribution in [-0.2, 0) is 6.18 Å². The van der Waals surface area contributed by atoms with Gasteiger partial charge in [0.2, 0.25) is 0 Å². The molecule has 0 aliphatic carbocycles. The van der Waals surface area contributed by atoms with Crippen LogP contribution in [0.5, 0.6) is 0 Å². The van der Waals surface area contributed by atoms with E-state index in [0.29, 0.717) is 0 Å². The van der Waals surface area contributed by atoms with Gasteiger partial charge in [-0.1, -0.05) is 17.7 Å². The van der Waals surface area contributed by atoms with Crippen LogP contribution in [0.4, 0.5) is 13.2 Å². The molecule has 1 heterocycles. The second-order valence-electron chi connectivity index (χ2n) is 3.28. The number of halogens is 5. The zero-order chi connectivity index (χ0) is 12.6. The molecule has 0 amide bonds. The molecule has 0 radical (unpaired) electrons. The Labute approximate surface area is 105 Å². The minimum absolute atomic E-state index is 0.00416. The Bertz CT molecular complexity index is 549. The highest BCUT2D eigenvalue weighted by atomic mass is 35.5. The van der Waals surface area contributed by atoms with Crippen LogP contribution in [0.1, 0.15) is 5.56 Å². The van der Waals surface area contributed by atoms with E-state index in [0.717, 1.165) is 10.3 Å². The molecule has 2 aromatic rings. The summed E-state index contributed by atoms with van der Waals surface area (Å²) < 4.78 is 39.3. The molecule has 0 aliphatic heterocycles. The van der Waals surface area contributed by atoms with E-state index >= 15 is 0 Å². The molecule has 0 atom stereocenters. The van der Waals surface area contributed by atoms with Crippen LogP contribution in [0.3, 0.4) is 0 Å². The fourth-order valence-corrected chi connectivity index (χ4v) is 1.91. The molecule has 0 aliphatic rings. The first-order valence-corrected chi connectivity index (χ1v) is 5.18. The number of benzene rings is 1. The van der Waals surface area contributed by atoms with E-state index in [1.54, 1.807) is 0 Å². The molecular formula is C10H5Cl2F3N2. The van der Waals surface area contributed by atoms with E-state index in [4.69, 9.17) is 23.4 Å². The van der Waals surface area contributed by atoms with Gasteiger partial charge in [-0.15, -0.1) is 0 Å². The number of rotatable bonds is 1. The van der Waals surface area contributed by atoms with Gasteiger partial charge in [-0.3, -0.25) is 0 Å². The summed E-state index contributed by atoms with van der Waals surface area (Å²) in [5.74, 6) is 0. The fraction of sp³-hybridized carbons (Fsp3) is 0.100. The lowest BCUT2D eigenvalue weighted by molar-refractivity contribution is -0.137. The molecule has 0 saturated carbocycles. The molecule has 0 unspecified atom stereocenters. The normalized spacial score (nSPS) is 11.8. The molecule has 2 rings (SSSR count). The van der Waals surface area contributed by atoms with Crippen molar-refractivity contribution in [1.82, 2.24) is 9.30 Å². The lowest BCUT2D eigenvalue weighted by Gasteiger charge is -2.12. The molecule has 2 nitrogen and oxygen atoms in total. The maximum absolute atomic E-state index is 12.8. The third-order valence-electron chi connectivity index (χ3n) is 2.16. The van der Waals surface area contributed by atoms with Gasteiger partial charge in [-0.2, -0.15) is 22.5 Å². The van der Waals surface area contributed by atoms with E-state index in [-0.39, 0.29) is 16.1 Å². The SMILES string of the molecule is FC(F)(F)c1cccc(Cl)c1-c1cnn(Cl)c1. The second kappa shape index (κ2) is 4.23. The molecular weight excluding hydrogens is 276 g/mol. The number of alkyl halides is 3. The summed E-state index contributed by atoms with van der Waals surface area (Å²) in [6, 6.07) is 3.60. The monoisotopic (exact) mass is 280 g/mol. The van der Waals surface area contributed by atoms with Crippen molar-refractivity contribution < 1.29 is 13.2 Å². The van der Waals surface area contributed by atoms with Crippen molar-refractivity contribution in [2.24, 2.45) is 0 Å². The van der Waals surface area contributed by atoms with Gasteiger partial charge < -0.3 is 0 Å². The van der Waals surface area contributed by atoms with Crippen LogP contribution in [0.15, 0.2) is 30.6 Å². The van der Waals surface area contributed by atoms with Crippen molar-refractivity contribution in [3.63, 3.8) is 0 Å². The van der Waals surface area contributed by atoms with E-state index in [2.05, 4.69) is 5.10 Å². The van der Waals surface area contributed by atoms with Gasteiger partial charge in [-0.25, -0.2) is 0 Å². The van der Waals surface area contributed by atoms with Crippen molar-refractivity contribution in [2.45, 2.75) is 6.18 Å². The van der Waals surface area contributed by atoms with Gasteiger partial charge in [0.25, 0.3) is 0 Å². The highest BCUT2D eigenvalue weighted by Gasteiger charge is 2.34. The van der Waals surface area contributed by atoms with Crippen LogP contribution in [0.2, 0.25) is 5.02 Å². The Balaban J connectivity index is 2.67. The predicted molar refractivity (Wildman–Crippen MR) is 58.9 cm³/mol. The van der Waals surface area contributed by atoms with E-state index in [1.807, 2.05) is 0 Å². The summed E-state index contributed by atoms with van der Waals surface area (Å²) in [5, 5.41) is 3.62. The molecule has 0 fully saturated rings. The summed E-state index contributed by atoms with van der Waals surface area (Å²) in [7, 11) is 0. The Morgan fingerprint density at radius 1 is 1.24 bits per heavy atom. The number of hydrogen-bond acceptors (Lipinski definition) is 1. The van der Waals surface area contributed by atoms with Gasteiger partial charge in [0.1, 0.15) is 0 Å². The van der Waals surface area contributed by atoms with Crippen molar-refractivity contribution >= 4 is 23.4 Å². The molecule has 7 heteroatoms. The third-order valence-corrected chi connectivity index (χ3v) is 2.66. The quantitative estimate of drug-likeness (QED) is 0.765. The molecule has 17 heavy (non-hydrogen) atoms. The first kappa shape index (κ1) is 12.3. The van der Waals surface area contributed by atoms with Crippen molar-refractivity contribution in [3.05, 3.63) is 41.2 Å². The molecule has 0 saturated heterocycles. The summed E-state index contributed by atoms with van der Waals surface area (Å²) in [6.45, 7) is 0. The van der Waals surface area contributed by atoms with Gasteiger partial charge in [-0.05, 0) is 12.1 Å². The Morgan fingerprint density at radius 2 is 1.94 bits per heavy atom. The summed E-state index contributed by atoms with van der Waals surface area (Å²) in [4.78, 5) is 0. The average molecular weight is 281 g/mol. The van der Waals surface area contributed by atoms with Crippen LogP contribution in [-0.4, -0.2) is 9.30 Å². The predicted octanol–water partition coefficient (Wildman–Crippen LogP) is 4.22. The second-order valence-corrected chi connectivity index (χ2v) is 4.03. The van der Waals surface area contributed by atoms with Crippen molar-refractivity contribution in [2.75, 3.05) is 0 Å². The van der Waals surface area contributed by atoms with E-state index < -0.39 is 11.7 Å². The Kier molecular flexibility index (Phi) is 3.05. The van der Waals surface area contributed by atoms with Gasteiger partial charge in [0, 0.05) is 27.9 Å². The summed E-state index contributed by atoms with van der Waals surface area (Å²) >= 11 is 11.3. The zero-order valence-electron chi connectivity index (χ0n) is 8.17. The highest BCUT2D eigenvalue weighted by Crippen LogP contribution is 2.40. The van der Waals surface area contributed by atoms with Crippen LogP contribution in [0.25, 0.3) is 11.1 Å². The van der Waals surface area contributed by atoms with Gasteiger partial charge in [0.05, 0.1) is 18.0 Å². The lowest BCUT2D eigenvalue weighted by Crippen LogP contribution is -2.07.